The van der Waals surface area contributed by atoms with E-state index < -0.39 is 118 Å². The Morgan fingerprint density at radius 3 is 1.86 bits per heavy atom. The van der Waals surface area contributed by atoms with Crippen LogP contribution < -0.4 is 0 Å². The largest absolute Gasteiger partial charge is 0.465 e. The highest BCUT2D eigenvalue weighted by molar-refractivity contribution is 6.79. The van der Waals surface area contributed by atoms with Gasteiger partial charge in [0.2, 0.25) is 0 Å². The fourth-order valence-electron chi connectivity index (χ4n) is 11.1. The van der Waals surface area contributed by atoms with Crippen LogP contribution in [0.25, 0.3) is 0 Å². The molecule has 7 fully saturated rings. The highest BCUT2D eigenvalue weighted by atomic mass is 28.4. The zero-order chi connectivity index (χ0) is 41.6. The van der Waals surface area contributed by atoms with Crippen molar-refractivity contribution in [2.45, 2.75) is 216 Å². The minimum Gasteiger partial charge on any atom is -0.465 e. The lowest BCUT2D eigenvalue weighted by Crippen LogP contribution is -2.80. The predicted molar refractivity (Wildman–Crippen MR) is 205 cm³/mol. The number of nitrogens with zero attached hydrogens (tertiary/aromatic N) is 1. The molecule has 7 saturated heterocycles. The summed E-state index contributed by atoms with van der Waals surface area (Å²) in [7, 11) is -5.06. The van der Waals surface area contributed by atoms with Gasteiger partial charge in [0.05, 0.1) is 38.9 Å². The molecule has 0 aliphatic carbocycles. The van der Waals surface area contributed by atoms with Crippen LogP contribution >= 0.6 is 0 Å². The molecule has 0 bridgehead atoms. The molecule has 0 saturated carbocycles. The van der Waals surface area contributed by atoms with E-state index in [9.17, 15) is 9.59 Å². The Kier molecular flexibility index (Phi) is 10.1. The van der Waals surface area contributed by atoms with Crippen molar-refractivity contribution in [1.82, 2.24) is 4.57 Å². The molecule has 7 rings (SSSR count). The number of ether oxygens (including phenoxy) is 9. The van der Waals surface area contributed by atoms with Gasteiger partial charge >= 0.3 is 29.1 Å². The third-order valence-electron chi connectivity index (χ3n) is 12.6. The van der Waals surface area contributed by atoms with Crippen molar-refractivity contribution in [3.63, 3.8) is 0 Å². The Morgan fingerprint density at radius 2 is 1.30 bits per heavy atom. The molecular weight excluding hydrogens is 763 g/mol. The maximum absolute atomic E-state index is 14.4. The molecule has 7 heterocycles. The Bertz CT molecular complexity index is 1540. The van der Waals surface area contributed by atoms with Gasteiger partial charge in [-0.2, -0.15) is 0 Å². The molecule has 1 amide bonds. The molecule has 0 spiro atoms. The van der Waals surface area contributed by atoms with Crippen LogP contribution in [0, 0.1) is 0 Å². The van der Waals surface area contributed by atoms with E-state index >= 15 is 0 Å². The number of hydrogen-bond donors (Lipinski definition) is 0. The van der Waals surface area contributed by atoms with E-state index in [-0.39, 0.29) is 29.7 Å². The maximum atomic E-state index is 14.4. The van der Waals surface area contributed by atoms with Crippen molar-refractivity contribution in [2.75, 3.05) is 20.3 Å². The summed E-state index contributed by atoms with van der Waals surface area (Å²) in [5.74, 6) is -4.66. The summed E-state index contributed by atoms with van der Waals surface area (Å²) in [5, 5.41) is -1.57. The monoisotopic (exact) mass is 829 g/mol. The minimum absolute atomic E-state index is 0.123. The summed E-state index contributed by atoms with van der Waals surface area (Å²) in [5.41, 5.74) is 0. The lowest BCUT2D eigenvalue weighted by Gasteiger charge is -2.63. The number of amides is 1. The van der Waals surface area contributed by atoms with Crippen molar-refractivity contribution in [3.05, 3.63) is 0 Å². The third kappa shape index (κ3) is 6.39. The Morgan fingerprint density at radius 1 is 0.732 bits per heavy atom. The molecule has 0 N–H and O–H groups in total. The van der Waals surface area contributed by atoms with Crippen LogP contribution in [0.15, 0.2) is 0 Å². The van der Waals surface area contributed by atoms with Gasteiger partial charge in [0.25, 0.3) is 5.79 Å². The number of hydrogen-bond acceptors (Lipinski definition) is 14. The van der Waals surface area contributed by atoms with Crippen LogP contribution in [0.5, 0.6) is 0 Å². The predicted octanol–water partition coefficient (Wildman–Crippen LogP) is 6.15. The number of carbonyl (C=O) groups is 2. The zero-order valence-corrected chi connectivity index (χ0v) is 38.6. The molecule has 56 heavy (non-hydrogen) atoms. The first-order chi connectivity index (χ1) is 25.4. The summed E-state index contributed by atoms with van der Waals surface area (Å²) >= 11 is 0. The van der Waals surface area contributed by atoms with E-state index in [2.05, 4.69) is 83.1 Å². The smallest absolute Gasteiger partial charge is 0.404 e. The first-order valence-corrected chi connectivity index (χ1v) is 23.9. The van der Waals surface area contributed by atoms with E-state index in [4.69, 9.17) is 55.9 Å². The van der Waals surface area contributed by atoms with Gasteiger partial charge < -0.3 is 60.5 Å². The number of carbonyl (C=O) groups excluding carboxylic acids is 2. The zero-order valence-electron chi connectivity index (χ0n) is 36.6. The van der Waals surface area contributed by atoms with E-state index in [1.807, 2.05) is 32.3 Å². The van der Waals surface area contributed by atoms with E-state index in [0.717, 1.165) is 0 Å². The minimum atomic E-state index is -3.37. The average Bonchev–Trinajstić information content (AvgIpc) is 3.79. The molecule has 15 nitrogen and oxygen atoms in total. The van der Waals surface area contributed by atoms with E-state index in [1.165, 1.54) is 7.11 Å². The second-order valence-electron chi connectivity index (χ2n) is 21.6. The van der Waals surface area contributed by atoms with Crippen LogP contribution in [0.1, 0.15) is 117 Å². The van der Waals surface area contributed by atoms with Crippen molar-refractivity contribution in [3.8, 4) is 0 Å². The number of fused-ring (bicyclic) bond motifs is 3. The van der Waals surface area contributed by atoms with Gasteiger partial charge in [-0.05, 0) is 27.7 Å². The van der Waals surface area contributed by atoms with Gasteiger partial charge in [0, 0.05) is 20.2 Å². The van der Waals surface area contributed by atoms with E-state index in [0.29, 0.717) is 0 Å². The maximum Gasteiger partial charge on any atom is 0.404 e. The second-order valence-corrected chi connectivity index (χ2v) is 31.4. The summed E-state index contributed by atoms with van der Waals surface area (Å²) in [6.07, 6.45) is -6.93. The molecule has 320 valence electrons. The summed E-state index contributed by atoms with van der Waals surface area (Å²) in [6, 6.07) is -0.605. The van der Waals surface area contributed by atoms with Crippen LogP contribution in [0.4, 0.5) is 4.79 Å². The summed E-state index contributed by atoms with van der Waals surface area (Å²) < 4.78 is 80.5. The van der Waals surface area contributed by atoms with Gasteiger partial charge in [-0.1, -0.05) is 83.1 Å². The number of methoxy groups -OCH3 is 1. The van der Waals surface area contributed by atoms with Crippen molar-refractivity contribution >= 4 is 29.1 Å². The van der Waals surface area contributed by atoms with E-state index in [1.54, 1.807) is 0 Å². The molecule has 11 atom stereocenters. The Hall–Kier alpha value is -1.23. The molecular formula is C39H67NO14Si2. The molecule has 0 aromatic carbocycles. The highest BCUT2D eigenvalue weighted by Gasteiger charge is 2.77. The first kappa shape index (κ1) is 42.9. The molecule has 0 unspecified atom stereocenters. The quantitative estimate of drug-likeness (QED) is 0.231. The summed E-state index contributed by atoms with van der Waals surface area (Å²) in [6.45, 7) is 33.1. The molecule has 0 radical (unpaired) electrons. The normalized spacial score (nSPS) is 41.2. The van der Waals surface area contributed by atoms with Crippen molar-refractivity contribution in [1.29, 1.82) is 0 Å². The fraction of sp³-hybridized carbons (Fsp3) is 0.949. The van der Waals surface area contributed by atoms with Crippen LogP contribution in [0.2, 0.25) is 20.2 Å². The van der Waals surface area contributed by atoms with Crippen molar-refractivity contribution in [2.24, 2.45) is 0 Å². The highest BCUT2D eigenvalue weighted by Crippen LogP contribution is 2.62. The van der Waals surface area contributed by atoms with Gasteiger partial charge in [0.15, 0.2) is 17.9 Å². The lowest BCUT2D eigenvalue weighted by atomic mass is 9.89. The van der Waals surface area contributed by atoms with Gasteiger partial charge in [-0.15, -0.1) is 0 Å². The molecule has 7 aliphatic rings. The number of rotatable bonds is 5. The van der Waals surface area contributed by atoms with Gasteiger partial charge in [-0.3, -0.25) is 0 Å². The fourth-order valence-corrected chi connectivity index (χ4v) is 22.3. The number of esters is 1. The van der Waals surface area contributed by atoms with Gasteiger partial charge in [0.1, 0.15) is 42.7 Å². The standard InChI is InChI=1S/C39H67NO14Si2/c1-33(2,3)55(34(4,5)6)40-24-21(47-32(40)42)18-39(31(41)43-17,51-27(24)26(54-55)23-20-45-56(53-23,35(7,8)9)36(10,11)12)44-19-22-25-28(49-37(13,14)48-25)29-30(46-22)52-38(15,16)50-29/h21-30H,18-20H2,1-17H3/t21-,22+,23+,24+,25-,26+,27+,28-,29+,30+,39+/m0/s1. The van der Waals surface area contributed by atoms with Crippen LogP contribution in [0.3, 0.4) is 0 Å². The van der Waals surface area contributed by atoms with Crippen LogP contribution in [-0.2, 0) is 60.7 Å². The molecule has 7 aliphatic heterocycles. The Labute approximate surface area is 334 Å². The molecule has 0 aromatic rings. The van der Waals surface area contributed by atoms with Crippen LogP contribution in [-0.4, -0.2) is 133 Å². The topological polar surface area (TPSA) is 148 Å². The van der Waals surface area contributed by atoms with Gasteiger partial charge in [-0.25, -0.2) is 9.59 Å². The van der Waals surface area contributed by atoms with Crippen molar-refractivity contribution < 1.29 is 65.5 Å². The first-order valence-electron chi connectivity index (χ1n) is 20.2. The lowest BCUT2D eigenvalue weighted by molar-refractivity contribution is -0.326. The second kappa shape index (κ2) is 13.1. The summed E-state index contributed by atoms with van der Waals surface area (Å²) in [4.78, 5) is 28.6. The molecule has 0 aromatic heterocycles. The average molecular weight is 830 g/mol. The molecule has 17 heteroatoms. The SMILES string of the molecule is COC(=O)[C@@]1(OC[C@H]2O[C@@H]3OC(C)(C)O[C@@H]3[C@H]3OC(C)(C)O[C@H]32)C[C@@H]2OC(=O)N3[C@H]2[C@@H](O1)[C@@H]([C@H]1CO[Si](C(C)(C)C)(C(C)(C)C)O1)O[Si]3(C(C)(C)C)C(C)(C)C. The Balaban J connectivity index is 1.28. The third-order valence-corrected chi connectivity index (χ3v) is 23.6.